The van der Waals surface area contributed by atoms with E-state index in [0.717, 1.165) is 24.8 Å². The van der Waals surface area contributed by atoms with E-state index in [1.165, 1.54) is 18.4 Å². The number of likely N-dealkylation sites (N-methyl/N-ethyl adjacent to an activating group) is 1. The van der Waals surface area contributed by atoms with Crippen molar-refractivity contribution < 1.29 is 9.47 Å². The molecule has 18 heavy (non-hydrogen) atoms. The normalized spacial score (nSPS) is 26.5. The second kappa shape index (κ2) is 5.29. The van der Waals surface area contributed by atoms with Gasteiger partial charge in [-0.1, -0.05) is 25.1 Å². The molecular weight excluding hydrogens is 226 g/mol. The second-order valence-electron chi connectivity index (χ2n) is 5.20. The molecular formula is C15H21NO2. The molecule has 0 amide bonds. The van der Waals surface area contributed by atoms with E-state index in [2.05, 4.69) is 24.4 Å². The molecule has 1 aromatic carbocycles. The summed E-state index contributed by atoms with van der Waals surface area (Å²) in [5, 5.41) is 3.53. The molecule has 1 aromatic rings. The predicted molar refractivity (Wildman–Crippen MR) is 70.8 cm³/mol. The third kappa shape index (κ3) is 2.52. The first kappa shape index (κ1) is 12.0. The molecule has 0 saturated heterocycles. The number of hydrogen-bond acceptors (Lipinski definition) is 3. The second-order valence-corrected chi connectivity index (χ2v) is 5.20. The summed E-state index contributed by atoms with van der Waals surface area (Å²) in [7, 11) is 0. The molecule has 1 saturated carbocycles. The lowest BCUT2D eigenvalue weighted by Crippen LogP contribution is -2.41. The van der Waals surface area contributed by atoms with Crippen LogP contribution in [0.25, 0.3) is 0 Å². The van der Waals surface area contributed by atoms with E-state index < -0.39 is 0 Å². The number of para-hydroxylation sites is 1. The maximum absolute atomic E-state index is 6.04. The first-order valence-corrected chi connectivity index (χ1v) is 6.95. The van der Waals surface area contributed by atoms with Gasteiger partial charge in [-0.05, 0) is 31.4 Å². The van der Waals surface area contributed by atoms with E-state index in [4.69, 9.17) is 9.47 Å². The number of benzene rings is 1. The van der Waals surface area contributed by atoms with Crippen LogP contribution in [-0.4, -0.2) is 25.9 Å². The standard InChI is InChI=1S/C15H21NO2/c1-2-16-15-12-5-3-4-6-13(12)18-10-14(15)17-9-11-7-8-11/h3-6,11,14-16H,2,7-10H2,1H3. The van der Waals surface area contributed by atoms with Crippen LogP contribution in [0.2, 0.25) is 0 Å². The van der Waals surface area contributed by atoms with E-state index in [1.54, 1.807) is 0 Å². The van der Waals surface area contributed by atoms with Gasteiger partial charge in [-0.3, -0.25) is 0 Å². The molecule has 1 N–H and O–H groups in total. The van der Waals surface area contributed by atoms with Gasteiger partial charge in [0.25, 0.3) is 0 Å². The van der Waals surface area contributed by atoms with Crippen LogP contribution in [0.1, 0.15) is 31.4 Å². The van der Waals surface area contributed by atoms with Gasteiger partial charge in [0.15, 0.2) is 0 Å². The quantitative estimate of drug-likeness (QED) is 0.867. The minimum atomic E-state index is 0.139. The van der Waals surface area contributed by atoms with Crippen LogP contribution in [0.15, 0.2) is 24.3 Å². The van der Waals surface area contributed by atoms with E-state index in [-0.39, 0.29) is 12.1 Å². The Balaban J connectivity index is 1.74. The zero-order valence-electron chi connectivity index (χ0n) is 10.9. The number of ether oxygens (including phenoxy) is 2. The number of hydrogen-bond donors (Lipinski definition) is 1. The van der Waals surface area contributed by atoms with Crippen molar-refractivity contribution in [2.75, 3.05) is 19.8 Å². The summed E-state index contributed by atoms with van der Waals surface area (Å²) in [5.41, 5.74) is 1.23. The molecule has 1 aliphatic heterocycles. The topological polar surface area (TPSA) is 30.5 Å². The summed E-state index contributed by atoms with van der Waals surface area (Å²) in [4.78, 5) is 0. The van der Waals surface area contributed by atoms with Gasteiger partial charge in [0.1, 0.15) is 18.5 Å². The van der Waals surface area contributed by atoms with Crippen molar-refractivity contribution in [3.63, 3.8) is 0 Å². The zero-order valence-corrected chi connectivity index (χ0v) is 10.9. The lowest BCUT2D eigenvalue weighted by molar-refractivity contribution is -0.0197. The van der Waals surface area contributed by atoms with Crippen molar-refractivity contribution in [1.82, 2.24) is 5.32 Å². The molecule has 1 aliphatic carbocycles. The van der Waals surface area contributed by atoms with Gasteiger partial charge >= 0.3 is 0 Å². The highest BCUT2D eigenvalue weighted by molar-refractivity contribution is 5.38. The molecule has 0 aromatic heterocycles. The molecule has 2 unspecified atom stereocenters. The number of fused-ring (bicyclic) bond motifs is 1. The van der Waals surface area contributed by atoms with E-state index in [9.17, 15) is 0 Å². The van der Waals surface area contributed by atoms with Gasteiger partial charge in [0.2, 0.25) is 0 Å². The smallest absolute Gasteiger partial charge is 0.124 e. The molecule has 0 bridgehead atoms. The SMILES string of the molecule is CCNC1c2ccccc2OCC1OCC1CC1. The fourth-order valence-electron chi connectivity index (χ4n) is 2.49. The van der Waals surface area contributed by atoms with Gasteiger partial charge in [-0.15, -0.1) is 0 Å². The van der Waals surface area contributed by atoms with Crippen LogP contribution in [0.4, 0.5) is 0 Å². The molecule has 1 fully saturated rings. The lowest BCUT2D eigenvalue weighted by Gasteiger charge is -2.34. The molecule has 1 heterocycles. The summed E-state index contributed by atoms with van der Waals surface area (Å²) >= 11 is 0. The predicted octanol–water partition coefficient (Wildman–Crippen LogP) is 2.52. The van der Waals surface area contributed by atoms with E-state index >= 15 is 0 Å². The highest BCUT2D eigenvalue weighted by atomic mass is 16.5. The summed E-state index contributed by atoms with van der Waals surface area (Å²) in [6.07, 6.45) is 2.80. The Bertz CT molecular complexity index is 403. The Kier molecular flexibility index (Phi) is 3.52. The molecule has 98 valence electrons. The molecule has 2 aliphatic rings. The summed E-state index contributed by atoms with van der Waals surface area (Å²) in [5.74, 6) is 1.79. The third-order valence-corrected chi connectivity index (χ3v) is 3.70. The monoisotopic (exact) mass is 247 g/mol. The van der Waals surface area contributed by atoms with Crippen LogP contribution in [0.5, 0.6) is 5.75 Å². The number of nitrogens with one attached hydrogen (secondary N) is 1. The molecule has 3 rings (SSSR count). The van der Waals surface area contributed by atoms with Crippen molar-refractivity contribution >= 4 is 0 Å². The third-order valence-electron chi connectivity index (χ3n) is 3.70. The maximum atomic E-state index is 6.04. The van der Waals surface area contributed by atoms with Crippen LogP contribution in [0.3, 0.4) is 0 Å². The molecule has 2 atom stereocenters. The van der Waals surface area contributed by atoms with Crippen molar-refractivity contribution in [3.8, 4) is 5.75 Å². The lowest BCUT2D eigenvalue weighted by atomic mass is 9.98. The van der Waals surface area contributed by atoms with Crippen molar-refractivity contribution in [2.45, 2.75) is 31.9 Å². The minimum Gasteiger partial charge on any atom is -0.490 e. The largest absolute Gasteiger partial charge is 0.490 e. The Morgan fingerprint density at radius 2 is 2.17 bits per heavy atom. The minimum absolute atomic E-state index is 0.139. The summed E-state index contributed by atoms with van der Waals surface area (Å²) in [6.45, 7) is 4.62. The van der Waals surface area contributed by atoms with Crippen LogP contribution >= 0.6 is 0 Å². The zero-order chi connectivity index (χ0) is 12.4. The fraction of sp³-hybridized carbons (Fsp3) is 0.600. The number of rotatable bonds is 5. The Hall–Kier alpha value is -1.06. The van der Waals surface area contributed by atoms with Gasteiger partial charge in [-0.2, -0.15) is 0 Å². The van der Waals surface area contributed by atoms with Crippen LogP contribution in [-0.2, 0) is 4.74 Å². The Morgan fingerprint density at radius 3 is 2.94 bits per heavy atom. The fourth-order valence-corrected chi connectivity index (χ4v) is 2.49. The first-order chi connectivity index (χ1) is 8.88. The average Bonchev–Trinajstić information content (AvgIpc) is 3.22. The van der Waals surface area contributed by atoms with Crippen LogP contribution in [0, 0.1) is 5.92 Å². The maximum Gasteiger partial charge on any atom is 0.124 e. The highest BCUT2D eigenvalue weighted by Crippen LogP contribution is 2.35. The van der Waals surface area contributed by atoms with Crippen molar-refractivity contribution in [3.05, 3.63) is 29.8 Å². The average molecular weight is 247 g/mol. The summed E-state index contributed by atoms with van der Waals surface area (Å²) in [6, 6.07) is 8.52. The first-order valence-electron chi connectivity index (χ1n) is 6.95. The molecule has 0 spiro atoms. The van der Waals surface area contributed by atoms with E-state index in [1.807, 2.05) is 12.1 Å². The molecule has 3 nitrogen and oxygen atoms in total. The Morgan fingerprint density at radius 1 is 1.33 bits per heavy atom. The van der Waals surface area contributed by atoms with Crippen LogP contribution < -0.4 is 10.1 Å². The Labute approximate surface area is 108 Å². The van der Waals surface area contributed by atoms with Gasteiger partial charge < -0.3 is 14.8 Å². The molecule has 3 heteroatoms. The summed E-state index contributed by atoms with van der Waals surface area (Å²) < 4.78 is 11.8. The van der Waals surface area contributed by atoms with Crippen molar-refractivity contribution in [1.29, 1.82) is 0 Å². The van der Waals surface area contributed by atoms with Gasteiger partial charge in [-0.25, -0.2) is 0 Å². The van der Waals surface area contributed by atoms with Gasteiger partial charge in [0, 0.05) is 5.56 Å². The van der Waals surface area contributed by atoms with Gasteiger partial charge in [0.05, 0.1) is 12.6 Å². The van der Waals surface area contributed by atoms with Crippen molar-refractivity contribution in [2.24, 2.45) is 5.92 Å². The molecule has 0 radical (unpaired) electrons. The van der Waals surface area contributed by atoms with E-state index in [0.29, 0.717) is 6.61 Å². The highest BCUT2D eigenvalue weighted by Gasteiger charge is 2.32.